The van der Waals surface area contributed by atoms with Crippen molar-refractivity contribution < 1.29 is 24.5 Å². The molecule has 6 nitrogen and oxygen atoms in total. The van der Waals surface area contributed by atoms with E-state index >= 15 is 0 Å². The molecule has 0 heterocycles. The highest BCUT2D eigenvalue weighted by Gasteiger charge is 2.24. The van der Waals surface area contributed by atoms with Gasteiger partial charge in [0.15, 0.2) is 0 Å². The number of amides is 1. The van der Waals surface area contributed by atoms with Gasteiger partial charge in [0.25, 0.3) is 0 Å². The second kappa shape index (κ2) is 55.5. The first kappa shape index (κ1) is 65.6. The minimum atomic E-state index is -0.801. The van der Waals surface area contributed by atoms with Crippen LogP contribution in [0.1, 0.15) is 297 Å². The SMILES string of the molecule is CCCCC/C=C\C/C=C\C/C=C\CCCCC(CC(=O)NC(CO)C(O)CCCCCCCCCCCCCCCCC)OC(=O)CCCCCCCCCCC/C=C\C/C=C\CCCCC. The molecule has 0 bridgehead atoms. The molecule has 68 heavy (non-hydrogen) atoms. The molecule has 0 aliphatic carbocycles. The quantitative estimate of drug-likeness (QED) is 0.0321. The van der Waals surface area contributed by atoms with Crippen molar-refractivity contribution in [2.24, 2.45) is 0 Å². The van der Waals surface area contributed by atoms with E-state index in [2.05, 4.69) is 86.8 Å². The number of aliphatic hydroxyl groups is 2. The smallest absolute Gasteiger partial charge is 0.306 e. The fourth-order valence-electron chi connectivity index (χ4n) is 8.82. The van der Waals surface area contributed by atoms with Crippen molar-refractivity contribution in [2.45, 2.75) is 315 Å². The van der Waals surface area contributed by atoms with Gasteiger partial charge < -0.3 is 20.3 Å². The Labute approximate surface area is 422 Å². The van der Waals surface area contributed by atoms with Crippen LogP contribution in [-0.4, -0.2) is 46.9 Å². The highest BCUT2D eigenvalue weighted by atomic mass is 16.5. The highest BCUT2D eigenvalue weighted by Crippen LogP contribution is 2.18. The lowest BCUT2D eigenvalue weighted by Gasteiger charge is -2.24. The molecule has 0 saturated heterocycles. The molecule has 6 heteroatoms. The third kappa shape index (κ3) is 50.0. The third-order valence-corrected chi connectivity index (χ3v) is 13.3. The van der Waals surface area contributed by atoms with Gasteiger partial charge in [-0.05, 0) is 96.3 Å². The predicted octanol–water partition coefficient (Wildman–Crippen LogP) is 18.4. The number of carbonyl (C=O) groups is 2. The summed E-state index contributed by atoms with van der Waals surface area (Å²) in [6.07, 6.45) is 70.0. The van der Waals surface area contributed by atoms with Gasteiger partial charge in [0.2, 0.25) is 5.91 Å². The summed E-state index contributed by atoms with van der Waals surface area (Å²) in [5.74, 6) is -0.508. The van der Waals surface area contributed by atoms with Crippen LogP contribution >= 0.6 is 0 Å². The van der Waals surface area contributed by atoms with Crippen LogP contribution in [-0.2, 0) is 14.3 Å². The van der Waals surface area contributed by atoms with Gasteiger partial charge in [0.1, 0.15) is 6.10 Å². The second-order valence-electron chi connectivity index (χ2n) is 20.0. The van der Waals surface area contributed by atoms with E-state index in [-0.39, 0.29) is 24.9 Å². The van der Waals surface area contributed by atoms with Gasteiger partial charge in [0, 0.05) is 6.42 Å². The largest absolute Gasteiger partial charge is 0.462 e. The molecule has 0 radical (unpaired) electrons. The average molecular weight is 953 g/mol. The Morgan fingerprint density at radius 1 is 0.426 bits per heavy atom. The fraction of sp³-hybridized carbons (Fsp3) is 0.806. The second-order valence-corrected chi connectivity index (χ2v) is 20.0. The third-order valence-electron chi connectivity index (χ3n) is 13.3. The Balaban J connectivity index is 4.59. The molecule has 0 fully saturated rings. The van der Waals surface area contributed by atoms with Crippen LogP contribution in [0, 0.1) is 0 Å². The molecule has 0 aliphatic rings. The van der Waals surface area contributed by atoms with Crippen molar-refractivity contribution >= 4 is 11.9 Å². The molecule has 0 rings (SSSR count). The zero-order chi connectivity index (χ0) is 49.5. The van der Waals surface area contributed by atoms with Gasteiger partial charge in [-0.15, -0.1) is 0 Å². The van der Waals surface area contributed by atoms with E-state index in [1.165, 1.54) is 173 Å². The average Bonchev–Trinajstić information content (AvgIpc) is 3.33. The molecule has 0 aliphatic heterocycles. The molecule has 0 aromatic heterocycles. The van der Waals surface area contributed by atoms with E-state index in [9.17, 15) is 19.8 Å². The van der Waals surface area contributed by atoms with Crippen LogP contribution in [0.4, 0.5) is 0 Å². The van der Waals surface area contributed by atoms with Gasteiger partial charge >= 0.3 is 5.97 Å². The molecule has 0 saturated carbocycles. The summed E-state index contributed by atoms with van der Waals surface area (Å²) in [5.41, 5.74) is 0. The number of rotatable bonds is 53. The Morgan fingerprint density at radius 3 is 1.18 bits per heavy atom. The summed E-state index contributed by atoms with van der Waals surface area (Å²) in [7, 11) is 0. The van der Waals surface area contributed by atoms with E-state index in [0.29, 0.717) is 19.3 Å². The summed E-state index contributed by atoms with van der Waals surface area (Å²) < 4.78 is 5.95. The van der Waals surface area contributed by atoms with E-state index in [1.807, 2.05) is 0 Å². The van der Waals surface area contributed by atoms with E-state index in [0.717, 1.165) is 77.0 Å². The summed E-state index contributed by atoms with van der Waals surface area (Å²) in [4.78, 5) is 26.3. The van der Waals surface area contributed by atoms with Crippen LogP contribution < -0.4 is 5.32 Å². The van der Waals surface area contributed by atoms with Crippen molar-refractivity contribution in [2.75, 3.05) is 6.61 Å². The van der Waals surface area contributed by atoms with Gasteiger partial charge in [-0.3, -0.25) is 9.59 Å². The first-order chi connectivity index (χ1) is 33.5. The number of allylic oxidation sites excluding steroid dienone is 10. The molecule has 0 aromatic carbocycles. The molecule has 3 N–H and O–H groups in total. The Hall–Kier alpha value is -2.44. The van der Waals surface area contributed by atoms with Crippen LogP contribution in [0.2, 0.25) is 0 Å². The Bertz CT molecular complexity index is 1210. The van der Waals surface area contributed by atoms with Crippen LogP contribution in [0.15, 0.2) is 60.8 Å². The number of hydrogen-bond donors (Lipinski definition) is 3. The normalized spacial score (nSPS) is 13.5. The van der Waals surface area contributed by atoms with Gasteiger partial charge in [-0.25, -0.2) is 0 Å². The maximum absolute atomic E-state index is 13.3. The number of ether oxygens (including phenoxy) is 1. The first-order valence-electron chi connectivity index (χ1n) is 29.5. The number of carbonyl (C=O) groups excluding carboxylic acids is 2. The molecule has 0 aromatic rings. The minimum Gasteiger partial charge on any atom is -0.462 e. The van der Waals surface area contributed by atoms with Crippen LogP contribution in [0.3, 0.4) is 0 Å². The molecule has 1 amide bonds. The first-order valence-corrected chi connectivity index (χ1v) is 29.5. The predicted molar refractivity (Wildman–Crippen MR) is 296 cm³/mol. The molecule has 3 atom stereocenters. The minimum absolute atomic E-state index is 0.0500. The monoisotopic (exact) mass is 952 g/mol. The lowest BCUT2D eigenvalue weighted by molar-refractivity contribution is -0.151. The lowest BCUT2D eigenvalue weighted by atomic mass is 10.0. The summed E-state index contributed by atoms with van der Waals surface area (Å²) in [5, 5.41) is 23.9. The zero-order valence-electron chi connectivity index (χ0n) is 45.2. The Kier molecular flexibility index (Phi) is 53.5. The summed E-state index contributed by atoms with van der Waals surface area (Å²) >= 11 is 0. The van der Waals surface area contributed by atoms with Crippen LogP contribution in [0.25, 0.3) is 0 Å². The maximum Gasteiger partial charge on any atom is 0.306 e. The van der Waals surface area contributed by atoms with E-state index in [4.69, 9.17) is 4.74 Å². The lowest BCUT2D eigenvalue weighted by Crippen LogP contribution is -2.46. The maximum atomic E-state index is 13.3. The number of aliphatic hydroxyl groups excluding tert-OH is 2. The van der Waals surface area contributed by atoms with Crippen molar-refractivity contribution in [3.8, 4) is 0 Å². The van der Waals surface area contributed by atoms with Gasteiger partial charge in [-0.2, -0.15) is 0 Å². The number of hydrogen-bond acceptors (Lipinski definition) is 5. The fourth-order valence-corrected chi connectivity index (χ4v) is 8.82. The standard InChI is InChI=1S/C62H113NO5/c1-4-7-10-13-16-19-22-25-28-29-30-31-34-37-40-43-46-49-52-55-62(67)68-58(53-50-47-44-41-38-35-32-26-23-20-17-14-11-8-5-2)56-61(66)63-59(57-64)60(65)54-51-48-45-42-39-36-33-27-24-21-18-15-12-9-6-3/h16-17,19-20,25-26,28,32,38,41,58-60,64-65H,4-15,18,21-24,27,29-31,33-37,39-40,42-57H2,1-3H3,(H,63,66)/b19-16-,20-17-,28-25-,32-26-,41-38-. The van der Waals surface area contributed by atoms with E-state index in [1.54, 1.807) is 0 Å². The number of unbranched alkanes of at least 4 members (excludes halogenated alkanes) is 31. The molecule has 3 unspecified atom stereocenters. The Morgan fingerprint density at radius 2 is 0.750 bits per heavy atom. The molecular formula is C62H113NO5. The number of esters is 1. The summed E-state index contributed by atoms with van der Waals surface area (Å²) in [6.45, 7) is 6.45. The van der Waals surface area contributed by atoms with Crippen molar-refractivity contribution in [3.05, 3.63) is 60.8 Å². The number of nitrogens with one attached hydrogen (secondary N) is 1. The highest BCUT2D eigenvalue weighted by molar-refractivity contribution is 5.77. The van der Waals surface area contributed by atoms with E-state index < -0.39 is 18.2 Å². The molecule has 396 valence electrons. The van der Waals surface area contributed by atoms with Crippen LogP contribution in [0.5, 0.6) is 0 Å². The summed E-state index contributed by atoms with van der Waals surface area (Å²) in [6, 6.07) is -0.717. The molecule has 0 spiro atoms. The van der Waals surface area contributed by atoms with Crippen molar-refractivity contribution in [1.82, 2.24) is 5.32 Å². The van der Waals surface area contributed by atoms with Gasteiger partial charge in [-0.1, -0.05) is 248 Å². The van der Waals surface area contributed by atoms with Gasteiger partial charge in [0.05, 0.1) is 25.2 Å². The molecular weight excluding hydrogens is 839 g/mol. The topological polar surface area (TPSA) is 95.9 Å². The van der Waals surface area contributed by atoms with Crippen molar-refractivity contribution in [1.29, 1.82) is 0 Å². The zero-order valence-corrected chi connectivity index (χ0v) is 45.2. The van der Waals surface area contributed by atoms with Crippen molar-refractivity contribution in [3.63, 3.8) is 0 Å².